The molecule has 3 rings (SSSR count). The molecule has 3 aromatic carbocycles. The lowest BCUT2D eigenvalue weighted by molar-refractivity contribution is -0.135. The topological polar surface area (TPSA) is 58.6 Å². The molecule has 0 aliphatic rings. The van der Waals surface area contributed by atoms with Crippen LogP contribution in [0.3, 0.4) is 0 Å². The van der Waals surface area contributed by atoms with Crippen LogP contribution in [0.1, 0.15) is 29.8 Å². The van der Waals surface area contributed by atoms with E-state index in [-0.39, 0.29) is 24.5 Å². The molecule has 0 unspecified atom stereocenters. The Morgan fingerprint density at radius 3 is 2.13 bits per heavy atom. The maximum Gasteiger partial charge on any atom is 0.261 e. The average Bonchev–Trinajstić information content (AvgIpc) is 2.77. The molecule has 0 spiro atoms. The van der Waals surface area contributed by atoms with E-state index in [1.807, 2.05) is 74.5 Å². The SMILES string of the molecule is CC(C)N(Cc1ccccc1)C(=O)COc1ccccc1C(=O)Nc1ccccc1. The lowest BCUT2D eigenvalue weighted by atomic mass is 10.1. The number of benzene rings is 3. The third kappa shape index (κ3) is 5.70. The lowest BCUT2D eigenvalue weighted by Crippen LogP contribution is -2.39. The fraction of sp³-hybridized carbons (Fsp3) is 0.200. The molecule has 2 amide bonds. The quantitative estimate of drug-likeness (QED) is 0.591. The first kappa shape index (κ1) is 21.1. The van der Waals surface area contributed by atoms with Gasteiger partial charge in [-0.1, -0.05) is 60.7 Å². The van der Waals surface area contributed by atoms with Crippen molar-refractivity contribution in [2.45, 2.75) is 26.4 Å². The van der Waals surface area contributed by atoms with Crippen molar-refractivity contribution in [1.82, 2.24) is 4.90 Å². The number of carbonyl (C=O) groups is 2. The minimum Gasteiger partial charge on any atom is -0.483 e. The third-order valence-corrected chi connectivity index (χ3v) is 4.65. The normalized spacial score (nSPS) is 10.5. The molecule has 0 aliphatic heterocycles. The van der Waals surface area contributed by atoms with Crippen molar-refractivity contribution in [3.05, 3.63) is 96.1 Å². The van der Waals surface area contributed by atoms with E-state index in [1.54, 1.807) is 29.2 Å². The molecule has 0 fully saturated rings. The maximum atomic E-state index is 12.8. The Hall–Kier alpha value is -3.60. The fourth-order valence-corrected chi connectivity index (χ4v) is 3.06. The average molecular weight is 402 g/mol. The van der Waals surface area contributed by atoms with Gasteiger partial charge in [0.2, 0.25) is 0 Å². The first-order chi connectivity index (χ1) is 14.5. The first-order valence-electron chi connectivity index (χ1n) is 9.96. The minimum atomic E-state index is -0.283. The molecule has 0 radical (unpaired) electrons. The van der Waals surface area contributed by atoms with Crippen molar-refractivity contribution in [3.8, 4) is 5.75 Å². The molecule has 5 heteroatoms. The van der Waals surface area contributed by atoms with Gasteiger partial charge in [0.15, 0.2) is 6.61 Å². The highest BCUT2D eigenvalue weighted by Gasteiger charge is 2.19. The molecule has 3 aromatic rings. The summed E-state index contributed by atoms with van der Waals surface area (Å²) in [4.78, 5) is 27.3. The molecule has 0 heterocycles. The van der Waals surface area contributed by atoms with E-state index in [9.17, 15) is 9.59 Å². The van der Waals surface area contributed by atoms with Gasteiger partial charge in [0, 0.05) is 18.3 Å². The monoisotopic (exact) mass is 402 g/mol. The number of nitrogens with zero attached hydrogens (tertiary/aromatic N) is 1. The number of carbonyl (C=O) groups excluding carboxylic acids is 2. The number of hydrogen-bond donors (Lipinski definition) is 1. The molecule has 1 N–H and O–H groups in total. The predicted octanol–water partition coefficient (Wildman–Crippen LogP) is 4.75. The van der Waals surface area contributed by atoms with Crippen LogP contribution in [0, 0.1) is 0 Å². The van der Waals surface area contributed by atoms with E-state index < -0.39 is 0 Å². The lowest BCUT2D eigenvalue weighted by Gasteiger charge is -2.27. The molecule has 5 nitrogen and oxygen atoms in total. The van der Waals surface area contributed by atoms with Crippen LogP contribution in [0.15, 0.2) is 84.9 Å². The van der Waals surface area contributed by atoms with Crippen LogP contribution in [-0.4, -0.2) is 29.4 Å². The zero-order chi connectivity index (χ0) is 21.3. The summed E-state index contributed by atoms with van der Waals surface area (Å²) < 4.78 is 5.77. The van der Waals surface area contributed by atoms with Crippen molar-refractivity contribution in [3.63, 3.8) is 0 Å². The highest BCUT2D eigenvalue weighted by Crippen LogP contribution is 2.20. The van der Waals surface area contributed by atoms with Gasteiger partial charge in [-0.05, 0) is 43.7 Å². The summed E-state index contributed by atoms with van der Waals surface area (Å²) in [6.45, 7) is 4.32. The van der Waals surface area contributed by atoms with E-state index in [2.05, 4.69) is 5.32 Å². The smallest absolute Gasteiger partial charge is 0.261 e. The molecule has 0 aliphatic carbocycles. The molecule has 0 bridgehead atoms. The molecule has 0 aromatic heterocycles. The van der Waals surface area contributed by atoms with Gasteiger partial charge >= 0.3 is 0 Å². The molecular weight excluding hydrogens is 376 g/mol. The summed E-state index contributed by atoms with van der Waals surface area (Å²) >= 11 is 0. The Morgan fingerprint density at radius 2 is 1.47 bits per heavy atom. The molecular formula is C25H26N2O3. The highest BCUT2D eigenvalue weighted by molar-refractivity contribution is 6.06. The number of para-hydroxylation sites is 2. The van der Waals surface area contributed by atoms with E-state index in [0.29, 0.717) is 23.5 Å². The number of amides is 2. The molecule has 0 saturated carbocycles. The summed E-state index contributed by atoms with van der Waals surface area (Å²) in [6, 6.07) is 26.0. The van der Waals surface area contributed by atoms with Crippen molar-refractivity contribution in [2.24, 2.45) is 0 Å². The zero-order valence-electron chi connectivity index (χ0n) is 17.2. The van der Waals surface area contributed by atoms with Crippen LogP contribution in [0.5, 0.6) is 5.75 Å². The van der Waals surface area contributed by atoms with Crippen LogP contribution in [0.4, 0.5) is 5.69 Å². The van der Waals surface area contributed by atoms with Crippen LogP contribution in [0.2, 0.25) is 0 Å². The number of anilines is 1. The summed E-state index contributed by atoms with van der Waals surface area (Å²) in [5, 5.41) is 2.85. The molecule has 0 saturated heterocycles. The van der Waals surface area contributed by atoms with Gasteiger partial charge in [-0.2, -0.15) is 0 Å². The fourth-order valence-electron chi connectivity index (χ4n) is 3.06. The second-order valence-corrected chi connectivity index (χ2v) is 7.21. The summed E-state index contributed by atoms with van der Waals surface area (Å²) in [7, 11) is 0. The number of nitrogens with one attached hydrogen (secondary N) is 1. The summed E-state index contributed by atoms with van der Waals surface area (Å²) in [5.41, 5.74) is 2.14. The Kier molecular flexibility index (Phi) is 7.22. The van der Waals surface area contributed by atoms with Gasteiger partial charge in [0.1, 0.15) is 5.75 Å². The Labute approximate surface area is 177 Å². The largest absolute Gasteiger partial charge is 0.483 e. The van der Waals surface area contributed by atoms with Crippen LogP contribution < -0.4 is 10.1 Å². The predicted molar refractivity (Wildman–Crippen MR) is 118 cm³/mol. The van der Waals surface area contributed by atoms with Crippen molar-refractivity contribution in [2.75, 3.05) is 11.9 Å². The van der Waals surface area contributed by atoms with E-state index in [1.165, 1.54) is 0 Å². The Balaban J connectivity index is 1.67. The molecule has 154 valence electrons. The summed E-state index contributed by atoms with van der Waals surface area (Å²) in [5.74, 6) is -0.0379. The zero-order valence-corrected chi connectivity index (χ0v) is 17.2. The Bertz CT molecular complexity index is 972. The van der Waals surface area contributed by atoms with E-state index in [4.69, 9.17) is 4.74 Å². The number of rotatable bonds is 8. The van der Waals surface area contributed by atoms with Crippen molar-refractivity contribution < 1.29 is 14.3 Å². The van der Waals surface area contributed by atoms with E-state index >= 15 is 0 Å². The number of hydrogen-bond acceptors (Lipinski definition) is 3. The van der Waals surface area contributed by atoms with Gasteiger partial charge in [-0.3, -0.25) is 9.59 Å². The van der Waals surface area contributed by atoms with Crippen molar-refractivity contribution >= 4 is 17.5 Å². The van der Waals surface area contributed by atoms with Gasteiger partial charge in [0.05, 0.1) is 5.56 Å². The van der Waals surface area contributed by atoms with Gasteiger partial charge in [-0.15, -0.1) is 0 Å². The number of ether oxygens (including phenoxy) is 1. The van der Waals surface area contributed by atoms with Crippen molar-refractivity contribution in [1.29, 1.82) is 0 Å². The second-order valence-electron chi connectivity index (χ2n) is 7.21. The second kappa shape index (κ2) is 10.3. The molecule has 30 heavy (non-hydrogen) atoms. The van der Waals surface area contributed by atoms with Crippen LogP contribution >= 0.6 is 0 Å². The summed E-state index contributed by atoms with van der Waals surface area (Å²) in [6.07, 6.45) is 0. The highest BCUT2D eigenvalue weighted by atomic mass is 16.5. The first-order valence-corrected chi connectivity index (χ1v) is 9.96. The van der Waals surface area contributed by atoms with Gasteiger partial charge in [0.25, 0.3) is 11.8 Å². The van der Waals surface area contributed by atoms with E-state index in [0.717, 1.165) is 5.56 Å². The van der Waals surface area contributed by atoms with Crippen LogP contribution in [0.25, 0.3) is 0 Å². The van der Waals surface area contributed by atoms with Crippen LogP contribution in [-0.2, 0) is 11.3 Å². The Morgan fingerprint density at radius 1 is 0.867 bits per heavy atom. The van der Waals surface area contributed by atoms with Gasteiger partial charge in [-0.25, -0.2) is 0 Å². The third-order valence-electron chi connectivity index (χ3n) is 4.65. The standard InChI is InChI=1S/C25H26N2O3/c1-19(2)27(17-20-11-5-3-6-12-20)24(28)18-30-23-16-10-9-15-22(23)25(29)26-21-13-7-4-8-14-21/h3-16,19H,17-18H2,1-2H3,(H,26,29). The van der Waals surface area contributed by atoms with Gasteiger partial charge < -0.3 is 15.0 Å². The molecule has 0 atom stereocenters. The maximum absolute atomic E-state index is 12.8. The minimum absolute atomic E-state index is 0.0259.